The van der Waals surface area contributed by atoms with Gasteiger partial charge in [0.25, 0.3) is 0 Å². The normalized spacial score (nSPS) is 20.7. The lowest BCUT2D eigenvalue weighted by molar-refractivity contribution is -0.138. The van der Waals surface area contributed by atoms with Crippen LogP contribution in [-0.4, -0.2) is 52.6 Å². The van der Waals surface area contributed by atoms with Gasteiger partial charge in [0.1, 0.15) is 5.76 Å². The summed E-state index contributed by atoms with van der Waals surface area (Å²) in [6.45, 7) is 5.94. The number of carbonyl (C=O) groups is 1. The number of aromatic nitrogens is 1. The summed E-state index contributed by atoms with van der Waals surface area (Å²) in [4.78, 5) is 16.8. The van der Waals surface area contributed by atoms with Crippen molar-refractivity contribution in [1.29, 1.82) is 0 Å². The molecule has 0 aromatic carbocycles. The predicted octanol–water partition coefficient (Wildman–Crippen LogP) is 1.74. The van der Waals surface area contributed by atoms with Gasteiger partial charge < -0.3 is 15.2 Å². The molecule has 1 saturated heterocycles. The molecule has 0 radical (unpaired) electrons. The highest BCUT2D eigenvalue weighted by Crippen LogP contribution is 2.29. The molecule has 8 heteroatoms. The van der Waals surface area contributed by atoms with Crippen LogP contribution >= 0.6 is 24.8 Å². The zero-order valence-electron chi connectivity index (χ0n) is 13.5. The Labute approximate surface area is 149 Å². The molecule has 3 rings (SSSR count). The quantitative estimate of drug-likeness (QED) is 0.883. The highest BCUT2D eigenvalue weighted by molar-refractivity contribution is 5.86. The first kappa shape index (κ1) is 20.2. The van der Waals surface area contributed by atoms with Crippen LogP contribution in [0.5, 0.6) is 0 Å². The number of piperazine rings is 1. The van der Waals surface area contributed by atoms with E-state index in [4.69, 9.17) is 10.3 Å². The molecule has 0 unspecified atom stereocenters. The van der Waals surface area contributed by atoms with Gasteiger partial charge in [0.2, 0.25) is 5.91 Å². The van der Waals surface area contributed by atoms with Gasteiger partial charge in [-0.25, -0.2) is 0 Å². The van der Waals surface area contributed by atoms with Crippen molar-refractivity contribution in [1.82, 2.24) is 15.0 Å². The lowest BCUT2D eigenvalue weighted by Gasteiger charge is -2.38. The van der Waals surface area contributed by atoms with E-state index < -0.39 is 5.54 Å². The van der Waals surface area contributed by atoms with Crippen molar-refractivity contribution in [2.45, 2.75) is 44.7 Å². The van der Waals surface area contributed by atoms with Crippen molar-refractivity contribution >= 4 is 30.7 Å². The van der Waals surface area contributed by atoms with Crippen LogP contribution in [0.1, 0.15) is 37.1 Å². The highest BCUT2D eigenvalue weighted by atomic mass is 35.5. The number of amides is 1. The summed E-state index contributed by atoms with van der Waals surface area (Å²) >= 11 is 0. The first-order chi connectivity index (χ1) is 10.1. The molecule has 2 N–H and O–H groups in total. The molecule has 1 aromatic heterocycles. The summed E-state index contributed by atoms with van der Waals surface area (Å²) in [5.74, 6) is 0.988. The van der Waals surface area contributed by atoms with Crippen LogP contribution in [0.2, 0.25) is 0 Å². The zero-order valence-corrected chi connectivity index (χ0v) is 15.1. The Bertz CT molecular complexity index is 509. The van der Waals surface area contributed by atoms with Crippen molar-refractivity contribution in [3.8, 4) is 0 Å². The molecule has 23 heavy (non-hydrogen) atoms. The Hall–Kier alpha value is -0.820. The van der Waals surface area contributed by atoms with Crippen LogP contribution in [0.25, 0.3) is 0 Å². The summed E-state index contributed by atoms with van der Waals surface area (Å²) < 4.78 is 5.09. The predicted molar refractivity (Wildman–Crippen MR) is 93.0 cm³/mol. The second-order valence-electron chi connectivity index (χ2n) is 6.36. The number of hydrogen-bond donors (Lipinski definition) is 1. The molecule has 132 valence electrons. The smallest absolute Gasteiger partial charge is 0.242 e. The van der Waals surface area contributed by atoms with Crippen molar-refractivity contribution in [2.24, 2.45) is 5.73 Å². The van der Waals surface area contributed by atoms with E-state index in [1.54, 1.807) is 0 Å². The van der Waals surface area contributed by atoms with Gasteiger partial charge in [0.15, 0.2) is 0 Å². The van der Waals surface area contributed by atoms with Gasteiger partial charge in [-0.1, -0.05) is 18.0 Å². The van der Waals surface area contributed by atoms with Crippen LogP contribution in [0.15, 0.2) is 10.6 Å². The van der Waals surface area contributed by atoms with E-state index in [1.165, 1.54) is 0 Å². The van der Waals surface area contributed by atoms with Crippen LogP contribution in [0.4, 0.5) is 0 Å². The maximum atomic E-state index is 12.5. The van der Waals surface area contributed by atoms with E-state index in [0.717, 1.165) is 69.9 Å². The first-order valence-corrected chi connectivity index (χ1v) is 7.80. The first-order valence-electron chi connectivity index (χ1n) is 7.80. The Morgan fingerprint density at radius 2 is 1.87 bits per heavy atom. The molecule has 1 aliphatic carbocycles. The van der Waals surface area contributed by atoms with E-state index in [2.05, 4.69) is 10.1 Å². The van der Waals surface area contributed by atoms with Gasteiger partial charge in [-0.05, 0) is 19.8 Å². The molecule has 1 aromatic rings. The van der Waals surface area contributed by atoms with Crippen LogP contribution < -0.4 is 5.73 Å². The monoisotopic (exact) mass is 364 g/mol. The Morgan fingerprint density at radius 3 is 2.39 bits per heavy atom. The Kier molecular flexibility index (Phi) is 7.32. The summed E-state index contributed by atoms with van der Waals surface area (Å²) in [6.07, 6.45) is 3.83. The summed E-state index contributed by atoms with van der Waals surface area (Å²) in [7, 11) is 0. The summed E-state index contributed by atoms with van der Waals surface area (Å²) in [5.41, 5.74) is 6.63. The van der Waals surface area contributed by atoms with Gasteiger partial charge in [-0.15, -0.1) is 24.8 Å². The Balaban J connectivity index is 0.00000132. The second-order valence-corrected chi connectivity index (χ2v) is 6.36. The number of nitrogens with zero attached hydrogens (tertiary/aromatic N) is 3. The van der Waals surface area contributed by atoms with Gasteiger partial charge in [0, 0.05) is 38.8 Å². The number of nitrogens with two attached hydrogens (primary N) is 1. The molecule has 2 fully saturated rings. The molecule has 1 amide bonds. The third kappa shape index (κ3) is 4.59. The third-order valence-electron chi connectivity index (χ3n) is 4.64. The van der Waals surface area contributed by atoms with Crippen LogP contribution in [0, 0.1) is 6.92 Å². The van der Waals surface area contributed by atoms with E-state index in [1.807, 2.05) is 17.9 Å². The Morgan fingerprint density at radius 1 is 1.26 bits per heavy atom. The largest absolute Gasteiger partial charge is 0.361 e. The second kappa shape index (κ2) is 8.33. The van der Waals surface area contributed by atoms with Crippen molar-refractivity contribution in [3.63, 3.8) is 0 Å². The summed E-state index contributed by atoms with van der Waals surface area (Å²) in [5, 5.41) is 4.02. The maximum absolute atomic E-state index is 12.5. The molecule has 6 nitrogen and oxygen atoms in total. The average Bonchev–Trinajstić information content (AvgIpc) is 3.09. The van der Waals surface area contributed by atoms with Crippen molar-refractivity contribution in [3.05, 3.63) is 17.5 Å². The lowest BCUT2D eigenvalue weighted by Crippen LogP contribution is -2.58. The standard InChI is InChI=1S/C15H24N4O2.2ClH/c1-12-10-13(17-21-12)11-18-6-8-19(9-7-18)14(20)15(16)4-2-3-5-15;;/h10H,2-9,11,16H2,1H3;2*1H. The number of aryl methyl sites for hydroxylation is 1. The highest BCUT2D eigenvalue weighted by Gasteiger charge is 2.40. The fourth-order valence-electron chi connectivity index (χ4n) is 3.37. The van der Waals surface area contributed by atoms with E-state index in [-0.39, 0.29) is 30.7 Å². The molecule has 2 heterocycles. The minimum atomic E-state index is -0.592. The minimum absolute atomic E-state index is 0. The lowest BCUT2D eigenvalue weighted by atomic mass is 9.97. The molecule has 0 atom stereocenters. The van der Waals surface area contributed by atoms with Gasteiger partial charge in [0.05, 0.1) is 11.2 Å². The molecule has 1 aliphatic heterocycles. The van der Waals surface area contributed by atoms with Crippen LogP contribution in [0.3, 0.4) is 0 Å². The fraction of sp³-hybridized carbons (Fsp3) is 0.733. The van der Waals surface area contributed by atoms with Crippen LogP contribution in [-0.2, 0) is 11.3 Å². The number of hydrogen-bond acceptors (Lipinski definition) is 5. The summed E-state index contributed by atoms with van der Waals surface area (Å²) in [6, 6.07) is 1.96. The van der Waals surface area contributed by atoms with Crippen molar-refractivity contribution < 1.29 is 9.32 Å². The van der Waals surface area contributed by atoms with E-state index >= 15 is 0 Å². The molecule has 2 aliphatic rings. The number of rotatable bonds is 3. The average molecular weight is 365 g/mol. The molecular formula is C15H26Cl2N4O2. The topological polar surface area (TPSA) is 75.6 Å². The SMILES string of the molecule is Cc1cc(CN2CCN(C(=O)C3(N)CCCC3)CC2)no1.Cl.Cl. The zero-order chi connectivity index (χ0) is 14.9. The number of carbonyl (C=O) groups excluding carboxylic acids is 1. The molecule has 1 saturated carbocycles. The maximum Gasteiger partial charge on any atom is 0.242 e. The molecular weight excluding hydrogens is 339 g/mol. The van der Waals surface area contributed by atoms with Gasteiger partial charge in [-0.2, -0.15) is 0 Å². The van der Waals surface area contributed by atoms with Gasteiger partial charge >= 0.3 is 0 Å². The number of halogens is 2. The van der Waals surface area contributed by atoms with Gasteiger partial charge in [-0.3, -0.25) is 9.69 Å². The van der Waals surface area contributed by atoms with Crippen molar-refractivity contribution in [2.75, 3.05) is 26.2 Å². The molecule has 0 spiro atoms. The third-order valence-corrected chi connectivity index (χ3v) is 4.64. The minimum Gasteiger partial charge on any atom is -0.361 e. The van der Waals surface area contributed by atoms with E-state index in [9.17, 15) is 4.79 Å². The molecule has 0 bridgehead atoms. The fourth-order valence-corrected chi connectivity index (χ4v) is 3.37. The van der Waals surface area contributed by atoms with E-state index in [0.29, 0.717) is 0 Å².